The van der Waals surface area contributed by atoms with Gasteiger partial charge in [-0.15, -0.1) is 0 Å². The minimum absolute atomic E-state index is 0.468. The van der Waals surface area contributed by atoms with Crippen LogP contribution in [0, 0.1) is 11.3 Å². The highest BCUT2D eigenvalue weighted by molar-refractivity contribution is 5.71. The Morgan fingerprint density at radius 2 is 1.83 bits per heavy atom. The van der Waals surface area contributed by atoms with Gasteiger partial charge in [-0.2, -0.15) is 5.26 Å². The van der Waals surface area contributed by atoms with Gasteiger partial charge in [0.2, 0.25) is 0 Å². The van der Waals surface area contributed by atoms with Gasteiger partial charge in [0.05, 0.1) is 11.6 Å². The largest absolute Gasteiger partial charge is 0.338 e. The van der Waals surface area contributed by atoms with Gasteiger partial charge in [0.25, 0.3) is 0 Å². The first-order valence-electron chi connectivity index (χ1n) is 6.17. The Morgan fingerprint density at radius 1 is 1.11 bits per heavy atom. The maximum absolute atomic E-state index is 8.84. The van der Waals surface area contributed by atoms with Crippen molar-refractivity contribution in [2.75, 3.05) is 4.90 Å². The van der Waals surface area contributed by atoms with Crippen molar-refractivity contribution >= 4 is 11.4 Å². The Kier molecular flexibility index (Phi) is 2.53. The van der Waals surface area contributed by atoms with Gasteiger partial charge in [0, 0.05) is 17.4 Å². The lowest BCUT2D eigenvalue weighted by Crippen LogP contribution is -2.23. The van der Waals surface area contributed by atoms with E-state index >= 15 is 0 Å². The summed E-state index contributed by atoms with van der Waals surface area (Å²) in [4.78, 5) is 2.34. The van der Waals surface area contributed by atoms with Crippen LogP contribution in [0.1, 0.15) is 18.1 Å². The molecule has 2 nitrogen and oxygen atoms in total. The summed E-state index contributed by atoms with van der Waals surface area (Å²) in [6, 6.07) is 19.0. The average molecular weight is 234 g/mol. The quantitative estimate of drug-likeness (QED) is 0.753. The minimum atomic E-state index is 0.468. The summed E-state index contributed by atoms with van der Waals surface area (Å²) in [7, 11) is 0. The van der Waals surface area contributed by atoms with Crippen LogP contribution in [-0.4, -0.2) is 6.04 Å². The third-order valence-electron chi connectivity index (χ3n) is 3.48. The molecule has 2 heteroatoms. The number of hydrogen-bond donors (Lipinski definition) is 0. The molecule has 2 aromatic carbocycles. The van der Waals surface area contributed by atoms with Crippen molar-refractivity contribution in [1.29, 1.82) is 5.26 Å². The molecular formula is C16H14N2. The van der Waals surface area contributed by atoms with Gasteiger partial charge >= 0.3 is 0 Å². The molecule has 18 heavy (non-hydrogen) atoms. The molecule has 0 saturated carbocycles. The van der Waals surface area contributed by atoms with Crippen LogP contribution in [0.4, 0.5) is 11.4 Å². The molecule has 0 amide bonds. The molecule has 0 fully saturated rings. The van der Waals surface area contributed by atoms with Crippen molar-refractivity contribution in [3.8, 4) is 6.07 Å². The summed E-state index contributed by atoms with van der Waals surface area (Å²) in [5.41, 5.74) is 4.55. The summed E-state index contributed by atoms with van der Waals surface area (Å²) >= 11 is 0. The minimum Gasteiger partial charge on any atom is -0.338 e. The first kappa shape index (κ1) is 10.9. The maximum atomic E-state index is 8.84. The zero-order valence-electron chi connectivity index (χ0n) is 10.3. The highest BCUT2D eigenvalue weighted by Gasteiger charge is 2.26. The summed E-state index contributed by atoms with van der Waals surface area (Å²) < 4.78 is 0. The van der Waals surface area contributed by atoms with E-state index in [1.807, 2.05) is 24.3 Å². The third kappa shape index (κ3) is 1.65. The Labute approximate surface area is 107 Å². The van der Waals surface area contributed by atoms with Gasteiger partial charge in [-0.05, 0) is 49.2 Å². The van der Waals surface area contributed by atoms with E-state index in [2.05, 4.69) is 42.2 Å². The van der Waals surface area contributed by atoms with E-state index in [4.69, 9.17) is 5.26 Å². The highest BCUT2D eigenvalue weighted by atomic mass is 15.2. The van der Waals surface area contributed by atoms with Gasteiger partial charge in [-0.1, -0.05) is 18.2 Å². The maximum Gasteiger partial charge on any atom is 0.0991 e. The molecule has 0 radical (unpaired) electrons. The fourth-order valence-electron chi connectivity index (χ4n) is 2.66. The van der Waals surface area contributed by atoms with E-state index in [1.54, 1.807) is 0 Å². The van der Waals surface area contributed by atoms with Crippen molar-refractivity contribution in [2.24, 2.45) is 0 Å². The molecule has 0 bridgehead atoms. The molecule has 0 N–H and O–H groups in total. The Hall–Kier alpha value is -2.27. The van der Waals surface area contributed by atoms with E-state index < -0.39 is 0 Å². The van der Waals surface area contributed by atoms with Crippen LogP contribution < -0.4 is 4.90 Å². The summed E-state index contributed by atoms with van der Waals surface area (Å²) in [6.07, 6.45) is 1.08. The number of anilines is 2. The van der Waals surface area contributed by atoms with Crippen molar-refractivity contribution < 1.29 is 0 Å². The number of benzene rings is 2. The van der Waals surface area contributed by atoms with Gasteiger partial charge in [0.15, 0.2) is 0 Å². The predicted octanol–water partition coefficient (Wildman–Crippen LogP) is 3.64. The standard InChI is InChI=1S/C16H14N2/c1-12-10-14-4-2-3-5-16(14)18(12)15-8-6-13(11-17)7-9-15/h2-9,12H,10H2,1H3. The van der Waals surface area contributed by atoms with E-state index in [9.17, 15) is 0 Å². The van der Waals surface area contributed by atoms with E-state index in [0.29, 0.717) is 11.6 Å². The van der Waals surface area contributed by atoms with Crippen molar-refractivity contribution in [3.05, 3.63) is 59.7 Å². The second kappa shape index (κ2) is 4.19. The Balaban J connectivity index is 2.04. The smallest absolute Gasteiger partial charge is 0.0991 e. The molecule has 0 aliphatic carbocycles. The van der Waals surface area contributed by atoms with Gasteiger partial charge in [-0.25, -0.2) is 0 Å². The predicted molar refractivity (Wildman–Crippen MR) is 72.9 cm³/mol. The van der Waals surface area contributed by atoms with Crippen molar-refractivity contribution in [2.45, 2.75) is 19.4 Å². The van der Waals surface area contributed by atoms with E-state index in [1.165, 1.54) is 11.3 Å². The lowest BCUT2D eigenvalue weighted by Gasteiger charge is -2.25. The normalized spacial score (nSPS) is 17.3. The number of fused-ring (bicyclic) bond motifs is 1. The molecular weight excluding hydrogens is 220 g/mol. The zero-order valence-corrected chi connectivity index (χ0v) is 10.3. The van der Waals surface area contributed by atoms with Crippen molar-refractivity contribution in [1.82, 2.24) is 0 Å². The summed E-state index contributed by atoms with van der Waals surface area (Å²) in [5.74, 6) is 0. The van der Waals surface area contributed by atoms with Crippen LogP contribution >= 0.6 is 0 Å². The van der Waals surface area contributed by atoms with E-state index in [-0.39, 0.29) is 0 Å². The summed E-state index contributed by atoms with van der Waals surface area (Å²) in [5, 5.41) is 8.84. The molecule has 2 aromatic rings. The van der Waals surface area contributed by atoms with Crippen LogP contribution in [0.3, 0.4) is 0 Å². The number of rotatable bonds is 1. The lowest BCUT2D eigenvalue weighted by atomic mass is 10.1. The van der Waals surface area contributed by atoms with Crippen LogP contribution in [0.2, 0.25) is 0 Å². The molecule has 1 aliphatic heterocycles. The zero-order chi connectivity index (χ0) is 12.5. The topological polar surface area (TPSA) is 27.0 Å². The molecule has 88 valence electrons. The Bertz CT molecular complexity index is 608. The molecule has 3 rings (SSSR count). The summed E-state index contributed by atoms with van der Waals surface area (Å²) in [6.45, 7) is 2.23. The fourth-order valence-corrected chi connectivity index (χ4v) is 2.66. The molecule has 0 aromatic heterocycles. The number of para-hydroxylation sites is 1. The molecule has 0 saturated heterocycles. The molecule has 0 spiro atoms. The molecule has 1 unspecified atom stereocenters. The second-order valence-corrected chi connectivity index (χ2v) is 4.71. The van der Waals surface area contributed by atoms with Crippen LogP contribution in [0.25, 0.3) is 0 Å². The van der Waals surface area contributed by atoms with Gasteiger partial charge in [0.1, 0.15) is 0 Å². The Morgan fingerprint density at radius 3 is 2.56 bits per heavy atom. The molecule has 1 atom stereocenters. The number of nitriles is 1. The molecule has 1 heterocycles. The first-order chi connectivity index (χ1) is 8.79. The highest BCUT2D eigenvalue weighted by Crippen LogP contribution is 2.37. The first-order valence-corrected chi connectivity index (χ1v) is 6.17. The fraction of sp³-hybridized carbons (Fsp3) is 0.188. The van der Waals surface area contributed by atoms with Crippen LogP contribution in [-0.2, 0) is 6.42 Å². The van der Waals surface area contributed by atoms with Crippen molar-refractivity contribution in [3.63, 3.8) is 0 Å². The number of hydrogen-bond acceptors (Lipinski definition) is 2. The van der Waals surface area contributed by atoms with Gasteiger partial charge < -0.3 is 4.90 Å². The monoisotopic (exact) mass is 234 g/mol. The van der Waals surface area contributed by atoms with Crippen LogP contribution in [0.5, 0.6) is 0 Å². The van der Waals surface area contributed by atoms with Gasteiger partial charge in [-0.3, -0.25) is 0 Å². The average Bonchev–Trinajstić information content (AvgIpc) is 2.75. The van der Waals surface area contributed by atoms with Crippen LogP contribution in [0.15, 0.2) is 48.5 Å². The molecule has 1 aliphatic rings. The SMILES string of the molecule is CC1Cc2ccccc2N1c1ccc(C#N)cc1. The second-order valence-electron chi connectivity index (χ2n) is 4.71. The van der Waals surface area contributed by atoms with E-state index in [0.717, 1.165) is 12.1 Å². The number of nitrogens with zero attached hydrogens (tertiary/aromatic N) is 2. The lowest BCUT2D eigenvalue weighted by molar-refractivity contribution is 0.759. The third-order valence-corrected chi connectivity index (χ3v) is 3.48.